The first kappa shape index (κ1) is 11.2. The van der Waals surface area contributed by atoms with Gasteiger partial charge in [-0.2, -0.15) is 0 Å². The highest BCUT2D eigenvalue weighted by atomic mass is 15.0. The first-order valence-electron chi connectivity index (χ1n) is 6.47. The van der Waals surface area contributed by atoms with Crippen molar-refractivity contribution in [1.29, 1.82) is 0 Å². The molecule has 1 fully saturated rings. The van der Waals surface area contributed by atoms with Crippen LogP contribution in [0.5, 0.6) is 0 Å². The van der Waals surface area contributed by atoms with Crippen molar-refractivity contribution in [3.8, 4) is 11.4 Å². The van der Waals surface area contributed by atoms with Gasteiger partial charge >= 0.3 is 0 Å². The summed E-state index contributed by atoms with van der Waals surface area (Å²) in [5.41, 5.74) is 2.06. The van der Waals surface area contributed by atoms with Gasteiger partial charge in [-0.15, -0.1) is 0 Å². The molecule has 1 N–H and O–H groups in total. The number of hydrogen-bond acceptors (Lipinski definition) is 3. The molecule has 0 aliphatic heterocycles. The van der Waals surface area contributed by atoms with Crippen LogP contribution in [0.3, 0.4) is 0 Å². The van der Waals surface area contributed by atoms with Gasteiger partial charge in [0.05, 0.1) is 18.1 Å². The molecule has 1 aliphatic carbocycles. The van der Waals surface area contributed by atoms with E-state index in [-0.39, 0.29) is 0 Å². The van der Waals surface area contributed by atoms with Crippen LogP contribution < -0.4 is 5.32 Å². The van der Waals surface area contributed by atoms with Crippen LogP contribution in [0, 0.1) is 5.92 Å². The lowest BCUT2D eigenvalue weighted by Crippen LogP contribution is -2.17. The predicted octanol–water partition coefficient (Wildman–Crippen LogP) is 3.35. The van der Waals surface area contributed by atoms with E-state index in [1.165, 1.54) is 12.8 Å². The standard InChI is InChI=1S/C15H17N3/c1-11(12-7-8-12)18-14-9-16-15(17-10-14)13-5-3-2-4-6-13/h2-6,9-12,18H,7-8H2,1H3. The molecule has 0 radical (unpaired) electrons. The van der Waals surface area contributed by atoms with Gasteiger partial charge < -0.3 is 5.32 Å². The Balaban J connectivity index is 1.72. The van der Waals surface area contributed by atoms with E-state index in [1.807, 2.05) is 42.7 Å². The van der Waals surface area contributed by atoms with Gasteiger partial charge in [-0.25, -0.2) is 9.97 Å². The lowest BCUT2D eigenvalue weighted by Gasteiger charge is -2.13. The second-order valence-corrected chi connectivity index (χ2v) is 4.93. The number of nitrogens with zero attached hydrogens (tertiary/aromatic N) is 2. The minimum absolute atomic E-state index is 0.524. The summed E-state index contributed by atoms with van der Waals surface area (Å²) in [6.45, 7) is 2.22. The topological polar surface area (TPSA) is 37.8 Å². The van der Waals surface area contributed by atoms with E-state index in [4.69, 9.17) is 0 Å². The van der Waals surface area contributed by atoms with E-state index in [0.717, 1.165) is 23.0 Å². The SMILES string of the molecule is CC(Nc1cnc(-c2ccccc2)nc1)C1CC1. The maximum absolute atomic E-state index is 4.41. The fourth-order valence-corrected chi connectivity index (χ4v) is 2.12. The molecule has 1 saturated carbocycles. The third-order valence-electron chi connectivity index (χ3n) is 3.41. The van der Waals surface area contributed by atoms with Crippen LogP contribution in [-0.2, 0) is 0 Å². The van der Waals surface area contributed by atoms with E-state index in [9.17, 15) is 0 Å². The van der Waals surface area contributed by atoms with E-state index >= 15 is 0 Å². The molecule has 3 rings (SSSR count). The maximum Gasteiger partial charge on any atom is 0.159 e. The summed E-state index contributed by atoms with van der Waals surface area (Å²) in [6, 6.07) is 10.6. The van der Waals surface area contributed by atoms with Gasteiger partial charge in [-0.3, -0.25) is 0 Å². The Labute approximate surface area is 107 Å². The second-order valence-electron chi connectivity index (χ2n) is 4.93. The van der Waals surface area contributed by atoms with Crippen LogP contribution in [0.15, 0.2) is 42.7 Å². The summed E-state index contributed by atoms with van der Waals surface area (Å²) in [4.78, 5) is 8.82. The molecular formula is C15H17N3. The lowest BCUT2D eigenvalue weighted by molar-refractivity contribution is 0.693. The van der Waals surface area contributed by atoms with Gasteiger partial charge in [0.1, 0.15) is 0 Å². The molecule has 0 saturated heterocycles. The average Bonchev–Trinajstić information content (AvgIpc) is 3.25. The van der Waals surface area contributed by atoms with Gasteiger partial charge in [0.25, 0.3) is 0 Å². The molecule has 18 heavy (non-hydrogen) atoms. The number of rotatable bonds is 4. The minimum Gasteiger partial charge on any atom is -0.380 e. The van der Waals surface area contributed by atoms with Gasteiger partial charge in [0, 0.05) is 11.6 Å². The van der Waals surface area contributed by atoms with Crippen molar-refractivity contribution in [3.63, 3.8) is 0 Å². The monoisotopic (exact) mass is 239 g/mol. The number of benzene rings is 1. The van der Waals surface area contributed by atoms with Gasteiger partial charge in [0.2, 0.25) is 0 Å². The molecule has 2 aromatic rings. The Hall–Kier alpha value is -1.90. The molecule has 3 nitrogen and oxygen atoms in total. The lowest BCUT2D eigenvalue weighted by atomic mass is 10.2. The Morgan fingerprint density at radius 2 is 1.78 bits per heavy atom. The summed E-state index contributed by atoms with van der Waals surface area (Å²) >= 11 is 0. The van der Waals surface area contributed by atoms with Crippen LogP contribution in [0.2, 0.25) is 0 Å². The zero-order valence-corrected chi connectivity index (χ0v) is 10.5. The van der Waals surface area contributed by atoms with Crippen molar-refractivity contribution in [1.82, 2.24) is 9.97 Å². The molecule has 0 amide bonds. The molecule has 1 aromatic carbocycles. The predicted molar refractivity (Wildman–Crippen MR) is 73.3 cm³/mol. The largest absolute Gasteiger partial charge is 0.380 e. The highest BCUT2D eigenvalue weighted by Crippen LogP contribution is 2.33. The van der Waals surface area contributed by atoms with Crippen molar-refractivity contribution in [2.45, 2.75) is 25.8 Å². The van der Waals surface area contributed by atoms with E-state index in [2.05, 4.69) is 22.2 Å². The quantitative estimate of drug-likeness (QED) is 0.889. The summed E-state index contributed by atoms with van der Waals surface area (Å²) in [5, 5.41) is 3.46. The van der Waals surface area contributed by atoms with Crippen molar-refractivity contribution in [3.05, 3.63) is 42.7 Å². The van der Waals surface area contributed by atoms with Gasteiger partial charge in [-0.1, -0.05) is 30.3 Å². The van der Waals surface area contributed by atoms with Crippen LogP contribution >= 0.6 is 0 Å². The van der Waals surface area contributed by atoms with Crippen LogP contribution in [0.1, 0.15) is 19.8 Å². The third-order valence-corrected chi connectivity index (χ3v) is 3.41. The Morgan fingerprint density at radius 1 is 1.11 bits per heavy atom. The molecule has 0 spiro atoms. The molecule has 1 aliphatic rings. The van der Waals surface area contributed by atoms with E-state index in [1.54, 1.807) is 0 Å². The highest BCUT2D eigenvalue weighted by molar-refractivity contribution is 5.55. The Morgan fingerprint density at radius 3 is 2.39 bits per heavy atom. The molecule has 0 bridgehead atoms. The molecule has 1 aromatic heterocycles. The second kappa shape index (κ2) is 4.77. The minimum atomic E-state index is 0.524. The summed E-state index contributed by atoms with van der Waals surface area (Å²) in [5.74, 6) is 1.61. The molecule has 1 heterocycles. The van der Waals surface area contributed by atoms with Crippen LogP contribution in [0.25, 0.3) is 11.4 Å². The maximum atomic E-state index is 4.41. The molecular weight excluding hydrogens is 222 g/mol. The normalized spacial score (nSPS) is 16.3. The zero-order valence-electron chi connectivity index (χ0n) is 10.5. The van der Waals surface area contributed by atoms with Crippen molar-refractivity contribution < 1.29 is 0 Å². The van der Waals surface area contributed by atoms with Crippen LogP contribution in [-0.4, -0.2) is 16.0 Å². The van der Waals surface area contributed by atoms with E-state index in [0.29, 0.717) is 6.04 Å². The zero-order chi connectivity index (χ0) is 12.4. The van der Waals surface area contributed by atoms with Crippen molar-refractivity contribution >= 4 is 5.69 Å². The third kappa shape index (κ3) is 2.50. The van der Waals surface area contributed by atoms with Gasteiger partial charge in [-0.05, 0) is 25.7 Å². The van der Waals surface area contributed by atoms with Gasteiger partial charge in [0.15, 0.2) is 5.82 Å². The first-order valence-corrected chi connectivity index (χ1v) is 6.47. The molecule has 3 heteroatoms. The number of hydrogen-bond donors (Lipinski definition) is 1. The summed E-state index contributed by atoms with van der Waals surface area (Å²) in [6.07, 6.45) is 6.43. The Kier molecular flexibility index (Phi) is 2.97. The fourth-order valence-electron chi connectivity index (χ4n) is 2.12. The number of aromatic nitrogens is 2. The summed E-state index contributed by atoms with van der Waals surface area (Å²) in [7, 11) is 0. The Bertz CT molecular complexity index is 503. The molecule has 92 valence electrons. The van der Waals surface area contributed by atoms with Crippen LogP contribution in [0.4, 0.5) is 5.69 Å². The smallest absolute Gasteiger partial charge is 0.159 e. The van der Waals surface area contributed by atoms with Crippen molar-refractivity contribution in [2.24, 2.45) is 5.92 Å². The first-order chi connectivity index (χ1) is 8.83. The highest BCUT2D eigenvalue weighted by Gasteiger charge is 2.27. The fraction of sp³-hybridized carbons (Fsp3) is 0.333. The summed E-state index contributed by atoms with van der Waals surface area (Å²) < 4.78 is 0. The average molecular weight is 239 g/mol. The molecule has 1 unspecified atom stereocenters. The molecule has 1 atom stereocenters. The number of nitrogens with one attached hydrogen (secondary N) is 1. The van der Waals surface area contributed by atoms with E-state index < -0.39 is 0 Å². The van der Waals surface area contributed by atoms with Crippen molar-refractivity contribution in [2.75, 3.05) is 5.32 Å². The number of anilines is 1.